The summed E-state index contributed by atoms with van der Waals surface area (Å²) in [6, 6.07) is 2.69. The van der Waals surface area contributed by atoms with Gasteiger partial charge in [0.1, 0.15) is 5.75 Å². The summed E-state index contributed by atoms with van der Waals surface area (Å²) in [5, 5.41) is 11.3. The number of halogens is 4. The molecule has 8 nitrogen and oxygen atoms in total. The highest BCUT2D eigenvalue weighted by Gasteiger charge is 2.32. The van der Waals surface area contributed by atoms with E-state index in [9.17, 15) is 22.8 Å². The van der Waals surface area contributed by atoms with E-state index in [1.165, 1.54) is 0 Å². The Morgan fingerprint density at radius 3 is 2.35 bits per heavy atom. The average molecular weight is 354 g/mol. The normalized spacial score (nSPS) is 10.4. The molecule has 23 heavy (non-hydrogen) atoms. The third-order valence-corrected chi connectivity index (χ3v) is 2.28. The lowest BCUT2D eigenvalue weighted by Gasteiger charge is -2.10. The Balaban J connectivity index is 0.000000277. The zero-order chi connectivity index (χ0) is 17.6. The van der Waals surface area contributed by atoms with E-state index < -0.39 is 29.0 Å². The molecule has 2 rings (SSSR count). The molecular formula is C11H7ClF3N3O5. The summed E-state index contributed by atoms with van der Waals surface area (Å²) in [4.78, 5) is 23.9. The van der Waals surface area contributed by atoms with Gasteiger partial charge in [-0.05, 0) is 18.2 Å². The molecule has 0 aliphatic heterocycles. The quantitative estimate of drug-likeness (QED) is 0.864. The number of hydrogen-bond acceptors (Lipinski definition) is 6. The van der Waals surface area contributed by atoms with E-state index in [1.807, 2.05) is 0 Å². The molecule has 3 N–H and O–H groups in total. The first-order valence-corrected chi connectivity index (χ1v) is 5.82. The number of benzene rings is 1. The molecular weight excluding hydrogens is 347 g/mol. The van der Waals surface area contributed by atoms with E-state index in [4.69, 9.17) is 22.4 Å². The van der Waals surface area contributed by atoms with Crippen LogP contribution in [0.5, 0.6) is 5.75 Å². The van der Waals surface area contributed by atoms with Gasteiger partial charge in [-0.25, -0.2) is 4.79 Å². The number of carboxylic acids is 1. The molecule has 1 amide bonds. The molecule has 0 saturated carbocycles. The number of aromatic carboxylic acids is 1. The third-order valence-electron chi connectivity index (χ3n) is 1.99. The second kappa shape index (κ2) is 7.45. The van der Waals surface area contributed by atoms with E-state index in [1.54, 1.807) is 0 Å². The Morgan fingerprint density at radius 1 is 1.35 bits per heavy atom. The van der Waals surface area contributed by atoms with E-state index in [0.717, 1.165) is 24.6 Å². The molecule has 0 aliphatic carbocycles. The molecule has 2 aromatic rings. The number of nitrogens with two attached hydrogens (primary N) is 1. The Hall–Kier alpha value is -2.82. The van der Waals surface area contributed by atoms with Crippen LogP contribution in [0.2, 0.25) is 5.02 Å². The molecule has 12 heteroatoms. The number of hydrogen-bond donors (Lipinski definition) is 2. The number of carbonyl (C=O) groups is 2. The minimum Gasteiger partial charge on any atom is -0.478 e. The van der Waals surface area contributed by atoms with Crippen molar-refractivity contribution >= 4 is 23.5 Å². The van der Waals surface area contributed by atoms with Gasteiger partial charge in [0, 0.05) is 0 Å². The second-order valence-corrected chi connectivity index (χ2v) is 4.02. The van der Waals surface area contributed by atoms with Crippen molar-refractivity contribution in [3.63, 3.8) is 0 Å². The van der Waals surface area contributed by atoms with Crippen LogP contribution < -0.4 is 10.5 Å². The first-order chi connectivity index (χ1) is 10.6. The SMILES string of the molecule is NC(=O)c1ncon1.O=C(O)c1ccc(OC(F)(F)F)c(Cl)c1. The van der Waals surface area contributed by atoms with Gasteiger partial charge in [0.2, 0.25) is 6.39 Å². The van der Waals surface area contributed by atoms with Crippen molar-refractivity contribution in [1.29, 1.82) is 0 Å². The van der Waals surface area contributed by atoms with Crippen molar-refractivity contribution < 1.29 is 37.1 Å². The predicted octanol–water partition coefficient (Wildman–Crippen LogP) is 2.11. The molecule has 124 valence electrons. The average Bonchev–Trinajstić information content (AvgIpc) is 2.94. The van der Waals surface area contributed by atoms with E-state index in [2.05, 4.69) is 19.4 Å². The molecule has 1 aromatic carbocycles. The van der Waals surface area contributed by atoms with Crippen molar-refractivity contribution in [2.45, 2.75) is 6.36 Å². The third kappa shape index (κ3) is 6.22. The zero-order valence-electron chi connectivity index (χ0n) is 10.9. The summed E-state index contributed by atoms with van der Waals surface area (Å²) >= 11 is 5.39. The molecule has 0 atom stereocenters. The number of aromatic nitrogens is 2. The van der Waals surface area contributed by atoms with Crippen LogP contribution >= 0.6 is 11.6 Å². The fourth-order valence-electron chi connectivity index (χ4n) is 1.12. The number of ether oxygens (including phenoxy) is 1. The van der Waals surface area contributed by atoms with Crippen LogP contribution in [0.15, 0.2) is 29.1 Å². The number of rotatable bonds is 3. The van der Waals surface area contributed by atoms with Gasteiger partial charge >= 0.3 is 12.3 Å². The maximum absolute atomic E-state index is 11.8. The van der Waals surface area contributed by atoms with Gasteiger partial charge in [-0.15, -0.1) is 13.2 Å². The highest BCUT2D eigenvalue weighted by atomic mass is 35.5. The number of primary amides is 1. The van der Waals surface area contributed by atoms with Crippen molar-refractivity contribution in [3.8, 4) is 5.75 Å². The van der Waals surface area contributed by atoms with Crippen LogP contribution in [-0.4, -0.2) is 33.5 Å². The zero-order valence-corrected chi connectivity index (χ0v) is 11.6. The minimum absolute atomic E-state index is 0.0926. The first kappa shape index (κ1) is 18.2. The van der Waals surface area contributed by atoms with Crippen LogP contribution in [0.25, 0.3) is 0 Å². The summed E-state index contributed by atoms with van der Waals surface area (Å²) in [7, 11) is 0. The Bertz CT molecular complexity index is 691. The van der Waals surface area contributed by atoms with E-state index in [-0.39, 0.29) is 11.4 Å². The maximum Gasteiger partial charge on any atom is 0.573 e. The lowest BCUT2D eigenvalue weighted by atomic mass is 10.2. The van der Waals surface area contributed by atoms with Crippen molar-refractivity contribution in [3.05, 3.63) is 41.0 Å². The van der Waals surface area contributed by atoms with E-state index >= 15 is 0 Å². The van der Waals surface area contributed by atoms with Gasteiger partial charge in [-0.3, -0.25) is 4.79 Å². The van der Waals surface area contributed by atoms with E-state index in [0.29, 0.717) is 0 Å². The lowest BCUT2D eigenvalue weighted by molar-refractivity contribution is -0.274. The lowest BCUT2D eigenvalue weighted by Crippen LogP contribution is -2.17. The maximum atomic E-state index is 11.8. The number of alkyl halides is 3. The molecule has 1 heterocycles. The van der Waals surface area contributed by atoms with Crippen molar-refractivity contribution in [1.82, 2.24) is 10.1 Å². The monoisotopic (exact) mass is 353 g/mol. The molecule has 0 fully saturated rings. The van der Waals surface area contributed by atoms with Gasteiger partial charge in [0.05, 0.1) is 10.6 Å². The largest absolute Gasteiger partial charge is 0.573 e. The van der Waals surface area contributed by atoms with Gasteiger partial charge in [-0.1, -0.05) is 16.8 Å². The minimum atomic E-state index is -4.85. The Kier molecular flexibility index (Phi) is 5.90. The van der Waals surface area contributed by atoms with Gasteiger partial charge in [-0.2, -0.15) is 4.98 Å². The second-order valence-electron chi connectivity index (χ2n) is 3.62. The fraction of sp³-hybridized carbons (Fsp3) is 0.0909. The number of carbonyl (C=O) groups excluding carboxylic acids is 1. The Labute approximate surface area is 130 Å². The standard InChI is InChI=1S/C8H4ClF3O3.C3H3N3O2/c9-5-3-4(7(13)14)1-2-6(5)15-8(10,11)12;4-2(7)3-5-1-8-6-3/h1-3H,(H,13,14);1H,(H2,4,7). The molecule has 0 spiro atoms. The molecule has 0 radical (unpaired) electrons. The molecule has 0 aliphatic rings. The summed E-state index contributed by atoms with van der Waals surface area (Å²) in [6.07, 6.45) is -3.81. The number of carboxylic acid groups (broad SMARTS) is 1. The predicted molar refractivity (Wildman–Crippen MR) is 67.9 cm³/mol. The van der Waals surface area contributed by atoms with Crippen LogP contribution in [0.4, 0.5) is 13.2 Å². The smallest absolute Gasteiger partial charge is 0.478 e. The molecule has 0 saturated heterocycles. The first-order valence-electron chi connectivity index (χ1n) is 5.45. The van der Waals surface area contributed by atoms with Gasteiger partial charge < -0.3 is 20.1 Å². The highest BCUT2D eigenvalue weighted by Crippen LogP contribution is 2.30. The van der Waals surface area contributed by atoms with Crippen LogP contribution in [0.1, 0.15) is 21.0 Å². The van der Waals surface area contributed by atoms with Crippen LogP contribution in [0.3, 0.4) is 0 Å². The van der Waals surface area contributed by atoms with Crippen LogP contribution in [-0.2, 0) is 0 Å². The van der Waals surface area contributed by atoms with Crippen LogP contribution in [0, 0.1) is 0 Å². The highest BCUT2D eigenvalue weighted by molar-refractivity contribution is 6.32. The molecule has 1 aromatic heterocycles. The number of nitrogens with zero attached hydrogens (tertiary/aromatic N) is 2. The summed E-state index contributed by atoms with van der Waals surface area (Å²) in [5.74, 6) is -2.69. The molecule has 0 bridgehead atoms. The Morgan fingerprint density at radius 2 is 2.00 bits per heavy atom. The van der Waals surface area contributed by atoms with Crippen molar-refractivity contribution in [2.24, 2.45) is 5.73 Å². The van der Waals surface area contributed by atoms with Gasteiger partial charge in [0.15, 0.2) is 0 Å². The summed E-state index contributed by atoms with van der Waals surface area (Å²) in [5.41, 5.74) is 4.52. The van der Waals surface area contributed by atoms with Crippen molar-refractivity contribution in [2.75, 3.05) is 0 Å². The van der Waals surface area contributed by atoms with Gasteiger partial charge in [0.25, 0.3) is 11.7 Å². The molecule has 0 unspecified atom stereocenters. The topological polar surface area (TPSA) is 129 Å². The summed E-state index contributed by atoms with van der Waals surface area (Å²) < 4.78 is 43.1. The number of amides is 1. The summed E-state index contributed by atoms with van der Waals surface area (Å²) in [6.45, 7) is 0. The fourth-order valence-corrected chi connectivity index (χ4v) is 1.34.